The molecule has 0 amide bonds. The summed E-state index contributed by atoms with van der Waals surface area (Å²) in [7, 11) is 6.45. The van der Waals surface area contributed by atoms with Gasteiger partial charge in [-0.1, -0.05) is 12.1 Å². The van der Waals surface area contributed by atoms with Gasteiger partial charge in [0.05, 0.1) is 0 Å². The molecule has 0 saturated carbocycles. The van der Waals surface area contributed by atoms with Crippen LogP contribution in [0.4, 0.5) is 5.69 Å². The highest BCUT2D eigenvalue weighted by molar-refractivity contribution is 5.56. The molecule has 1 aliphatic rings. The summed E-state index contributed by atoms with van der Waals surface area (Å²) < 4.78 is 0. The monoisotopic (exact) mass is 247 g/mol. The van der Waals surface area contributed by atoms with E-state index in [9.17, 15) is 0 Å². The molecule has 3 heteroatoms. The highest BCUT2D eigenvalue weighted by Gasteiger charge is 2.31. The summed E-state index contributed by atoms with van der Waals surface area (Å²) in [4.78, 5) is 4.65. The molecule has 1 aliphatic heterocycles. The van der Waals surface area contributed by atoms with Crippen LogP contribution in [0, 0.1) is 12.8 Å². The molecule has 2 unspecified atom stereocenters. The van der Waals surface area contributed by atoms with Crippen molar-refractivity contribution in [3.8, 4) is 0 Å². The number of likely N-dealkylation sites (tertiary alicyclic amines) is 1. The summed E-state index contributed by atoms with van der Waals surface area (Å²) in [5, 5.41) is 0. The third-order valence-electron chi connectivity index (χ3n) is 3.99. The molecular formula is C15H25N3. The molecule has 100 valence electrons. The highest BCUT2D eigenvalue weighted by Crippen LogP contribution is 2.38. The van der Waals surface area contributed by atoms with Gasteiger partial charge in [-0.05, 0) is 50.0 Å². The number of nitrogens with two attached hydrogens (primary N) is 1. The number of rotatable bonds is 3. The minimum atomic E-state index is 0.511. The van der Waals surface area contributed by atoms with E-state index in [0.29, 0.717) is 12.0 Å². The zero-order valence-electron chi connectivity index (χ0n) is 12.0. The smallest absolute Gasteiger partial charge is 0.0412 e. The Bertz CT molecular complexity index is 414. The standard InChI is InChI=1S/C15H25N3/c1-11-5-6-13(14(7-11)17(2)3)15-8-12(9-16)10-18(15)4/h5-7,12,15H,8-10,16H2,1-4H3. The molecule has 1 fully saturated rings. The molecular weight excluding hydrogens is 222 g/mol. The van der Waals surface area contributed by atoms with Crippen LogP contribution in [0.25, 0.3) is 0 Å². The molecule has 1 heterocycles. The first kappa shape index (κ1) is 13.4. The Kier molecular flexibility index (Phi) is 3.93. The average Bonchev–Trinajstić information content (AvgIpc) is 2.70. The van der Waals surface area contributed by atoms with Gasteiger partial charge in [-0.3, -0.25) is 4.90 Å². The Morgan fingerprint density at radius 3 is 2.67 bits per heavy atom. The summed E-state index contributed by atoms with van der Waals surface area (Å²) in [6.45, 7) is 4.06. The fourth-order valence-electron chi connectivity index (χ4n) is 2.96. The van der Waals surface area contributed by atoms with E-state index in [2.05, 4.69) is 56.1 Å². The number of hydrogen-bond acceptors (Lipinski definition) is 3. The third-order valence-corrected chi connectivity index (χ3v) is 3.99. The van der Waals surface area contributed by atoms with Gasteiger partial charge in [-0.2, -0.15) is 0 Å². The lowest BCUT2D eigenvalue weighted by atomic mass is 9.97. The molecule has 0 aromatic heterocycles. The van der Waals surface area contributed by atoms with Crippen molar-refractivity contribution in [2.24, 2.45) is 11.7 Å². The second kappa shape index (κ2) is 5.29. The van der Waals surface area contributed by atoms with Crippen molar-refractivity contribution < 1.29 is 0 Å². The number of aryl methyl sites for hydroxylation is 1. The second-order valence-corrected chi connectivity index (χ2v) is 5.75. The van der Waals surface area contributed by atoms with E-state index in [-0.39, 0.29) is 0 Å². The Hall–Kier alpha value is -1.06. The van der Waals surface area contributed by atoms with Crippen molar-refractivity contribution in [2.45, 2.75) is 19.4 Å². The van der Waals surface area contributed by atoms with Crippen molar-refractivity contribution in [3.63, 3.8) is 0 Å². The summed E-state index contributed by atoms with van der Waals surface area (Å²) in [5.41, 5.74) is 9.91. The van der Waals surface area contributed by atoms with E-state index in [1.165, 1.54) is 23.2 Å². The van der Waals surface area contributed by atoms with Gasteiger partial charge in [0.25, 0.3) is 0 Å². The SMILES string of the molecule is Cc1ccc(C2CC(CN)CN2C)c(N(C)C)c1. The van der Waals surface area contributed by atoms with E-state index in [0.717, 1.165) is 13.1 Å². The lowest BCUT2D eigenvalue weighted by Gasteiger charge is -2.26. The molecule has 1 saturated heterocycles. The Morgan fingerprint density at radius 1 is 1.39 bits per heavy atom. The molecule has 18 heavy (non-hydrogen) atoms. The predicted molar refractivity (Wildman–Crippen MR) is 78.0 cm³/mol. The zero-order valence-corrected chi connectivity index (χ0v) is 12.0. The summed E-state index contributed by atoms with van der Waals surface area (Å²) in [6, 6.07) is 7.28. The van der Waals surface area contributed by atoms with E-state index in [1.807, 2.05) is 0 Å². The molecule has 2 atom stereocenters. The van der Waals surface area contributed by atoms with Gasteiger partial charge < -0.3 is 10.6 Å². The van der Waals surface area contributed by atoms with Gasteiger partial charge in [0.1, 0.15) is 0 Å². The van der Waals surface area contributed by atoms with Crippen molar-refractivity contribution in [1.29, 1.82) is 0 Å². The zero-order chi connectivity index (χ0) is 13.3. The van der Waals surface area contributed by atoms with E-state index in [4.69, 9.17) is 5.73 Å². The number of anilines is 1. The first-order valence-corrected chi connectivity index (χ1v) is 6.71. The van der Waals surface area contributed by atoms with E-state index >= 15 is 0 Å². The van der Waals surface area contributed by atoms with Crippen LogP contribution in [-0.4, -0.2) is 39.1 Å². The molecule has 0 spiro atoms. The van der Waals surface area contributed by atoms with Gasteiger partial charge in [0.15, 0.2) is 0 Å². The molecule has 3 nitrogen and oxygen atoms in total. The van der Waals surface area contributed by atoms with Gasteiger partial charge >= 0.3 is 0 Å². The van der Waals surface area contributed by atoms with Crippen LogP contribution in [0.5, 0.6) is 0 Å². The first-order valence-electron chi connectivity index (χ1n) is 6.71. The minimum absolute atomic E-state index is 0.511. The predicted octanol–water partition coefficient (Wildman–Crippen LogP) is 2.01. The number of benzene rings is 1. The average molecular weight is 247 g/mol. The maximum atomic E-state index is 5.82. The Morgan fingerprint density at radius 2 is 2.11 bits per heavy atom. The Balaban J connectivity index is 2.33. The summed E-state index contributed by atoms with van der Waals surface area (Å²) >= 11 is 0. The Labute approximate surface area is 111 Å². The van der Waals surface area contributed by atoms with Gasteiger partial charge in [-0.15, -0.1) is 0 Å². The molecule has 1 aromatic carbocycles. The largest absolute Gasteiger partial charge is 0.377 e. The first-order chi connectivity index (χ1) is 8.52. The molecule has 2 rings (SSSR count). The van der Waals surface area contributed by atoms with Crippen LogP contribution in [0.15, 0.2) is 18.2 Å². The molecule has 1 aromatic rings. The van der Waals surface area contributed by atoms with Gasteiger partial charge in [-0.25, -0.2) is 0 Å². The van der Waals surface area contributed by atoms with Crippen LogP contribution >= 0.6 is 0 Å². The van der Waals surface area contributed by atoms with Gasteiger partial charge in [0, 0.05) is 32.4 Å². The summed E-state index contributed by atoms with van der Waals surface area (Å²) in [6.07, 6.45) is 1.18. The third kappa shape index (κ3) is 2.52. The number of hydrogen-bond donors (Lipinski definition) is 1. The normalized spacial score (nSPS) is 24.5. The lowest BCUT2D eigenvalue weighted by molar-refractivity contribution is 0.314. The van der Waals surface area contributed by atoms with Crippen LogP contribution in [0.1, 0.15) is 23.6 Å². The fourth-order valence-corrected chi connectivity index (χ4v) is 2.96. The van der Waals surface area contributed by atoms with Crippen molar-refractivity contribution >= 4 is 5.69 Å². The highest BCUT2D eigenvalue weighted by atomic mass is 15.2. The van der Waals surface area contributed by atoms with Crippen molar-refractivity contribution in [2.75, 3.05) is 39.1 Å². The lowest BCUT2D eigenvalue weighted by Crippen LogP contribution is -2.22. The quantitative estimate of drug-likeness (QED) is 0.887. The van der Waals surface area contributed by atoms with Crippen LogP contribution in [-0.2, 0) is 0 Å². The molecule has 0 aliphatic carbocycles. The van der Waals surface area contributed by atoms with Gasteiger partial charge in [0.2, 0.25) is 0 Å². The minimum Gasteiger partial charge on any atom is -0.377 e. The molecule has 2 N–H and O–H groups in total. The maximum absolute atomic E-state index is 5.82. The van der Waals surface area contributed by atoms with E-state index in [1.54, 1.807) is 0 Å². The molecule has 0 bridgehead atoms. The van der Waals surface area contributed by atoms with E-state index < -0.39 is 0 Å². The van der Waals surface area contributed by atoms with Crippen molar-refractivity contribution in [1.82, 2.24) is 4.90 Å². The van der Waals surface area contributed by atoms with Crippen LogP contribution < -0.4 is 10.6 Å². The topological polar surface area (TPSA) is 32.5 Å². The van der Waals surface area contributed by atoms with Crippen molar-refractivity contribution in [3.05, 3.63) is 29.3 Å². The summed E-state index contributed by atoms with van der Waals surface area (Å²) in [5.74, 6) is 0.635. The second-order valence-electron chi connectivity index (χ2n) is 5.75. The fraction of sp³-hybridized carbons (Fsp3) is 0.600. The van der Waals surface area contributed by atoms with Crippen LogP contribution in [0.2, 0.25) is 0 Å². The maximum Gasteiger partial charge on any atom is 0.0412 e. The van der Waals surface area contributed by atoms with Crippen LogP contribution in [0.3, 0.4) is 0 Å². The molecule has 0 radical (unpaired) electrons. The number of nitrogens with zero attached hydrogens (tertiary/aromatic N) is 2.